The average Bonchev–Trinajstić information content (AvgIpc) is 3.88. The second-order valence-corrected chi connectivity index (χ2v) is 26.5. The van der Waals surface area contributed by atoms with Gasteiger partial charge in [0.05, 0.1) is 22.4 Å². The highest BCUT2D eigenvalue weighted by molar-refractivity contribution is 7.99. The Morgan fingerprint density at radius 3 is 1.53 bits per heavy atom. The van der Waals surface area contributed by atoms with E-state index in [4.69, 9.17) is 32.4 Å². The molecule has 0 bridgehead atoms. The second kappa shape index (κ2) is 19.1. The smallest absolute Gasteiger partial charge is 0.452 e. The van der Waals surface area contributed by atoms with E-state index in [-0.39, 0.29) is 26.7 Å². The zero-order valence-corrected chi connectivity index (χ0v) is 46.3. The molecule has 10 nitrogen and oxygen atoms in total. The van der Waals surface area contributed by atoms with E-state index >= 15 is 0 Å². The van der Waals surface area contributed by atoms with Crippen molar-refractivity contribution < 1.29 is 27.4 Å². The molecule has 73 heavy (non-hydrogen) atoms. The van der Waals surface area contributed by atoms with Crippen LogP contribution >= 0.6 is 11.8 Å². The van der Waals surface area contributed by atoms with Crippen LogP contribution in [-0.2, 0) is 32.8 Å². The maximum Gasteiger partial charge on any atom is 0.468 e. The number of hydrogen-bond acceptors (Lipinski definition) is 10. The first kappa shape index (κ1) is 51.6. The molecule has 372 valence electrons. The van der Waals surface area contributed by atoms with Crippen LogP contribution in [0.25, 0.3) is 27.6 Å². The third-order valence-corrected chi connectivity index (χ3v) is 14.8. The number of aromatic nitrogens is 2. The molecule has 2 aromatic heterocycles. The molecule has 0 amide bonds. The van der Waals surface area contributed by atoms with E-state index in [0.717, 1.165) is 60.3 Å². The highest BCUT2D eigenvalue weighted by Gasteiger charge is 2.55. The Morgan fingerprint density at radius 1 is 0.466 bits per heavy atom. The van der Waals surface area contributed by atoms with Crippen LogP contribution in [0, 0.1) is 0 Å². The Bertz CT molecular complexity index is 3070. The molecule has 7 aromatic rings. The average molecular weight is 990 g/mol. The van der Waals surface area contributed by atoms with Gasteiger partial charge in [0, 0.05) is 49.1 Å². The molecule has 0 spiro atoms. The van der Waals surface area contributed by atoms with Crippen LogP contribution in [0.3, 0.4) is 0 Å². The van der Waals surface area contributed by atoms with Gasteiger partial charge >= 0.3 is 42.7 Å². The number of para-hydroxylation sites is 4. The number of benzene rings is 5. The molecule has 0 unspecified atom stereocenters. The highest BCUT2D eigenvalue weighted by atomic mass is 32.2. The molecular formula is C56H68B6N4O6S. The lowest BCUT2D eigenvalue weighted by atomic mass is 9.49. The normalized spacial score (nSPS) is 16.4. The van der Waals surface area contributed by atoms with Gasteiger partial charge in [-0.1, -0.05) is 176 Å². The molecule has 17 heteroatoms. The van der Waals surface area contributed by atoms with Gasteiger partial charge in [-0.15, -0.1) is 0 Å². The number of pyridine rings is 1. The SMILES string of the molecule is CC(C)(C)B1OB(c2cccc(B3OB(C(C)(C)C)OB(C(C)(C)C)O3)c2N2CN(c3cccc(Sc4ccc5c6ccccc6n(-c6cc(C(C)(C)C)ccn6)c5c4)c3)c3ccccc32)OB(C(C)(C)C)O1. The standard InChI is InChI=1S/C56H68B6N4O6S/c1-52(2,3)38-32-33-63-50(34-38)66-46-27-17-16-24-42(46)43-31-30-41(36-49(43)66)73-40-23-20-22-39(35-40)64-37-65(48-29-19-18-28-47(48)64)51-44(57-67-59(53(4,5)6)71-60(68-57)54(7,8)9)25-21-26-45(51)58-69-61(55(10,11)12)72-62(70-58)56(13,14)15/h16-36H,37H2,1-15H3. The number of nitrogens with zero attached hydrogens (tertiary/aromatic N) is 4. The maximum atomic E-state index is 6.92. The molecule has 2 saturated heterocycles. The van der Waals surface area contributed by atoms with Gasteiger partial charge in [-0.3, -0.25) is 4.57 Å². The number of hydrogen-bond donors (Lipinski definition) is 0. The Morgan fingerprint density at radius 2 is 0.973 bits per heavy atom. The zero-order chi connectivity index (χ0) is 52.0. The fourth-order valence-electron chi connectivity index (χ4n) is 9.81. The monoisotopic (exact) mass is 991 g/mol. The first-order chi connectivity index (χ1) is 34.3. The molecule has 3 aliphatic rings. The van der Waals surface area contributed by atoms with Crippen molar-refractivity contribution in [2.24, 2.45) is 0 Å². The van der Waals surface area contributed by atoms with E-state index in [0.29, 0.717) is 6.67 Å². The van der Waals surface area contributed by atoms with Crippen LogP contribution in [0.1, 0.15) is 109 Å². The quantitative estimate of drug-likeness (QED) is 0.144. The largest absolute Gasteiger partial charge is 0.468 e. The van der Waals surface area contributed by atoms with Gasteiger partial charge < -0.3 is 37.2 Å². The van der Waals surface area contributed by atoms with Crippen LogP contribution in [0.4, 0.5) is 22.7 Å². The highest BCUT2D eigenvalue weighted by Crippen LogP contribution is 2.47. The number of fused-ring (bicyclic) bond motifs is 4. The van der Waals surface area contributed by atoms with Gasteiger partial charge in [0.1, 0.15) is 12.5 Å². The molecule has 3 aliphatic heterocycles. The van der Waals surface area contributed by atoms with Gasteiger partial charge in [-0.2, -0.15) is 0 Å². The minimum atomic E-state index is -0.774. The summed E-state index contributed by atoms with van der Waals surface area (Å²) in [5.74, 6) is 0.917. The van der Waals surface area contributed by atoms with Gasteiger partial charge in [-0.05, 0) is 92.9 Å². The Balaban J connectivity index is 1.05. The van der Waals surface area contributed by atoms with Crippen molar-refractivity contribution >= 4 is 110 Å². The summed E-state index contributed by atoms with van der Waals surface area (Å²) in [6.45, 7) is 32.9. The Kier molecular flexibility index (Phi) is 13.5. The fraction of sp³-hybridized carbons (Fsp3) is 0.375. The van der Waals surface area contributed by atoms with Crippen LogP contribution in [0.2, 0.25) is 21.3 Å². The lowest BCUT2D eigenvalue weighted by Gasteiger charge is -2.43. The first-order valence-corrected chi connectivity index (χ1v) is 26.6. The second-order valence-electron chi connectivity index (χ2n) is 25.3. The summed E-state index contributed by atoms with van der Waals surface area (Å²) in [5.41, 5.74) is 9.28. The van der Waals surface area contributed by atoms with Gasteiger partial charge in [0.15, 0.2) is 0 Å². The summed E-state index contributed by atoms with van der Waals surface area (Å²) < 4.78 is 43.2. The van der Waals surface area contributed by atoms with Crippen LogP contribution in [0.15, 0.2) is 137 Å². The molecular weight excluding hydrogens is 922 g/mol. The summed E-state index contributed by atoms with van der Waals surface area (Å²) in [6.07, 6.45) is 1.94. The van der Waals surface area contributed by atoms with Crippen molar-refractivity contribution in [2.45, 2.75) is 140 Å². The molecule has 0 radical (unpaired) electrons. The molecule has 0 atom stereocenters. The van der Waals surface area contributed by atoms with E-state index in [1.807, 2.05) is 6.20 Å². The minimum absolute atomic E-state index is 0.0146. The van der Waals surface area contributed by atoms with Crippen molar-refractivity contribution in [3.8, 4) is 5.82 Å². The van der Waals surface area contributed by atoms with Crippen LogP contribution in [-0.4, -0.2) is 58.9 Å². The molecule has 0 N–H and O–H groups in total. The minimum Gasteiger partial charge on any atom is -0.452 e. The maximum absolute atomic E-state index is 6.92. The third kappa shape index (κ3) is 10.3. The lowest BCUT2D eigenvalue weighted by molar-refractivity contribution is 0.250. The number of anilines is 4. The zero-order valence-electron chi connectivity index (χ0n) is 45.4. The molecule has 0 aliphatic carbocycles. The summed E-state index contributed by atoms with van der Waals surface area (Å²) in [4.78, 5) is 12.0. The third-order valence-electron chi connectivity index (χ3n) is 13.8. The van der Waals surface area contributed by atoms with Gasteiger partial charge in [0.25, 0.3) is 0 Å². The Hall–Kier alpha value is -4.85. The molecule has 2 fully saturated rings. The lowest BCUT2D eigenvalue weighted by Crippen LogP contribution is -2.62. The predicted molar refractivity (Wildman–Crippen MR) is 309 cm³/mol. The van der Waals surface area contributed by atoms with Crippen LogP contribution < -0.4 is 20.7 Å². The predicted octanol–water partition coefficient (Wildman–Crippen LogP) is 13.5. The molecule has 5 aromatic carbocycles. The van der Waals surface area contributed by atoms with E-state index in [9.17, 15) is 0 Å². The summed E-state index contributed by atoms with van der Waals surface area (Å²) in [6, 6.07) is 43.6. The first-order valence-electron chi connectivity index (χ1n) is 25.8. The summed E-state index contributed by atoms with van der Waals surface area (Å²) in [5, 5.41) is 1.05. The topological polar surface area (TPSA) is 79.7 Å². The van der Waals surface area contributed by atoms with Gasteiger partial charge in [0.2, 0.25) is 0 Å². The van der Waals surface area contributed by atoms with E-state index in [1.165, 1.54) is 16.3 Å². The summed E-state index contributed by atoms with van der Waals surface area (Å²) in [7, 11) is -3.71. The van der Waals surface area contributed by atoms with Crippen LogP contribution in [0.5, 0.6) is 0 Å². The van der Waals surface area contributed by atoms with Crippen molar-refractivity contribution in [3.63, 3.8) is 0 Å². The fourth-order valence-corrected chi connectivity index (χ4v) is 10.7. The van der Waals surface area contributed by atoms with E-state index in [1.54, 1.807) is 11.8 Å². The van der Waals surface area contributed by atoms with Crippen molar-refractivity contribution in [1.29, 1.82) is 0 Å². The van der Waals surface area contributed by atoms with Crippen molar-refractivity contribution in [3.05, 3.63) is 133 Å². The van der Waals surface area contributed by atoms with Crippen molar-refractivity contribution in [1.82, 2.24) is 9.55 Å². The van der Waals surface area contributed by atoms with E-state index < -0.39 is 42.7 Å². The molecule has 10 rings (SSSR count). The van der Waals surface area contributed by atoms with Gasteiger partial charge in [-0.25, -0.2) is 4.98 Å². The Labute approximate surface area is 440 Å². The summed E-state index contributed by atoms with van der Waals surface area (Å²) >= 11 is 1.76. The number of rotatable bonds is 7. The van der Waals surface area contributed by atoms with Crippen molar-refractivity contribution in [2.75, 3.05) is 16.5 Å². The molecule has 0 saturated carbocycles. The molecule has 5 heterocycles. The van der Waals surface area contributed by atoms with E-state index in [2.05, 4.69) is 240 Å².